The van der Waals surface area contributed by atoms with Crippen molar-refractivity contribution in [3.05, 3.63) is 158 Å². The average Bonchev–Trinajstić information content (AvgIpc) is 3.67. The van der Waals surface area contributed by atoms with Crippen LogP contribution in [0.3, 0.4) is 0 Å². The topological polar surface area (TPSA) is 9.86 Å². The Morgan fingerprint density at radius 3 is 1.89 bits per heavy atom. The third kappa shape index (κ3) is 3.20. The smallest absolute Gasteiger partial charge is 0.0635 e. The molecule has 0 N–H and O–H groups in total. The van der Waals surface area contributed by atoms with Gasteiger partial charge in [-0.15, -0.1) is 0 Å². The average molecular weight is 559 g/mol. The number of benzene rings is 8. The molecule has 0 saturated carbocycles. The van der Waals surface area contributed by atoms with Crippen LogP contribution in [0.2, 0.25) is 0 Å². The highest BCUT2D eigenvalue weighted by atomic mass is 15.0. The summed E-state index contributed by atoms with van der Waals surface area (Å²) in [5.41, 5.74) is 8.51. The first kappa shape index (κ1) is 23.7. The number of aromatic nitrogens is 2. The summed E-state index contributed by atoms with van der Waals surface area (Å²) in [7, 11) is 0. The predicted molar refractivity (Wildman–Crippen MR) is 187 cm³/mol. The maximum Gasteiger partial charge on any atom is 0.0635 e. The van der Waals surface area contributed by atoms with E-state index >= 15 is 0 Å². The minimum Gasteiger partial charge on any atom is -0.316 e. The molecule has 10 aromatic rings. The van der Waals surface area contributed by atoms with Gasteiger partial charge in [-0.05, 0) is 74.5 Å². The highest BCUT2D eigenvalue weighted by Gasteiger charge is 2.19. The Labute approximate surface area is 254 Å². The molecule has 0 aliphatic rings. The molecular weight excluding hydrogens is 532 g/mol. The Hall–Kier alpha value is -5.86. The second-order valence-corrected chi connectivity index (χ2v) is 11.8. The molecule has 2 nitrogen and oxygen atoms in total. The Morgan fingerprint density at radius 2 is 1.05 bits per heavy atom. The second kappa shape index (κ2) is 8.82. The molecule has 0 spiro atoms. The summed E-state index contributed by atoms with van der Waals surface area (Å²) in [6, 6.07) is 55.5. The molecule has 44 heavy (non-hydrogen) atoms. The maximum atomic E-state index is 2.50. The van der Waals surface area contributed by atoms with Gasteiger partial charge in [-0.3, -0.25) is 0 Å². The Kier molecular flexibility index (Phi) is 4.75. The van der Waals surface area contributed by atoms with Gasteiger partial charge in [0.25, 0.3) is 0 Å². The van der Waals surface area contributed by atoms with Gasteiger partial charge in [-0.1, -0.05) is 115 Å². The zero-order valence-electron chi connectivity index (χ0n) is 23.9. The maximum absolute atomic E-state index is 2.50. The SMILES string of the molecule is c1ccc(-c2ccc(-n3ccc4c3ccc3c5ccccc5n(-c5ccc6ccc7cccc8ccc5c6c78)c34)cc2)cc1. The van der Waals surface area contributed by atoms with Gasteiger partial charge in [0.15, 0.2) is 0 Å². The van der Waals surface area contributed by atoms with E-state index in [1.807, 2.05) is 0 Å². The van der Waals surface area contributed by atoms with Crippen molar-refractivity contribution in [1.82, 2.24) is 9.13 Å². The van der Waals surface area contributed by atoms with Gasteiger partial charge in [0.1, 0.15) is 0 Å². The summed E-state index contributed by atoms with van der Waals surface area (Å²) in [6.45, 7) is 0. The summed E-state index contributed by atoms with van der Waals surface area (Å²) in [5.74, 6) is 0. The summed E-state index contributed by atoms with van der Waals surface area (Å²) < 4.78 is 4.82. The number of nitrogens with zero attached hydrogens (tertiary/aromatic N) is 2. The number of rotatable bonds is 3. The van der Waals surface area contributed by atoms with Gasteiger partial charge in [0, 0.05) is 33.4 Å². The minimum atomic E-state index is 1.16. The molecule has 2 aromatic heterocycles. The second-order valence-electron chi connectivity index (χ2n) is 11.8. The molecule has 2 heteroatoms. The van der Waals surface area contributed by atoms with Crippen molar-refractivity contribution in [3.8, 4) is 22.5 Å². The fraction of sp³-hybridized carbons (Fsp3) is 0. The molecular formula is C42H26N2. The van der Waals surface area contributed by atoms with Crippen LogP contribution in [0.5, 0.6) is 0 Å². The van der Waals surface area contributed by atoms with Crippen molar-refractivity contribution in [2.75, 3.05) is 0 Å². The first-order valence-corrected chi connectivity index (χ1v) is 15.2. The van der Waals surface area contributed by atoms with Crippen LogP contribution in [0.4, 0.5) is 0 Å². The van der Waals surface area contributed by atoms with Crippen LogP contribution >= 0.6 is 0 Å². The molecule has 10 rings (SSSR count). The Balaban J connectivity index is 1.26. The van der Waals surface area contributed by atoms with Gasteiger partial charge in [0.05, 0.1) is 22.2 Å². The van der Waals surface area contributed by atoms with Crippen LogP contribution in [-0.4, -0.2) is 9.13 Å². The third-order valence-corrected chi connectivity index (χ3v) is 9.50. The number of fused-ring (bicyclic) bond motifs is 5. The Bertz CT molecular complexity index is 2670. The third-order valence-electron chi connectivity index (χ3n) is 9.50. The van der Waals surface area contributed by atoms with E-state index in [1.54, 1.807) is 0 Å². The summed E-state index contributed by atoms with van der Waals surface area (Å²) in [4.78, 5) is 0. The number of para-hydroxylation sites is 1. The zero-order valence-corrected chi connectivity index (χ0v) is 23.9. The molecule has 0 aliphatic heterocycles. The first-order valence-electron chi connectivity index (χ1n) is 15.2. The molecule has 0 radical (unpaired) electrons. The van der Waals surface area contributed by atoms with E-state index in [4.69, 9.17) is 0 Å². The largest absolute Gasteiger partial charge is 0.316 e. The lowest BCUT2D eigenvalue weighted by atomic mass is 9.93. The van der Waals surface area contributed by atoms with E-state index in [9.17, 15) is 0 Å². The van der Waals surface area contributed by atoms with Gasteiger partial charge < -0.3 is 9.13 Å². The van der Waals surface area contributed by atoms with Crippen LogP contribution in [0, 0.1) is 0 Å². The van der Waals surface area contributed by atoms with Crippen molar-refractivity contribution >= 4 is 65.0 Å². The number of hydrogen-bond donors (Lipinski definition) is 0. The summed E-state index contributed by atoms with van der Waals surface area (Å²) in [5, 5.41) is 11.6. The quantitative estimate of drug-likeness (QED) is 0.191. The van der Waals surface area contributed by atoms with E-state index in [-0.39, 0.29) is 0 Å². The lowest BCUT2D eigenvalue weighted by Gasteiger charge is -2.16. The van der Waals surface area contributed by atoms with Crippen molar-refractivity contribution in [1.29, 1.82) is 0 Å². The predicted octanol–water partition coefficient (Wildman–Crippen LogP) is 11.3. The summed E-state index contributed by atoms with van der Waals surface area (Å²) in [6.07, 6.45) is 2.22. The van der Waals surface area contributed by atoms with Crippen molar-refractivity contribution < 1.29 is 0 Å². The molecule has 0 bridgehead atoms. The van der Waals surface area contributed by atoms with Crippen molar-refractivity contribution in [2.24, 2.45) is 0 Å². The molecule has 0 atom stereocenters. The molecule has 2 heterocycles. The highest BCUT2D eigenvalue weighted by Crippen LogP contribution is 2.42. The lowest BCUT2D eigenvalue weighted by Crippen LogP contribution is -1.97. The normalized spacial score (nSPS) is 12.1. The van der Waals surface area contributed by atoms with Gasteiger partial charge in [0.2, 0.25) is 0 Å². The Morgan fingerprint density at radius 1 is 0.364 bits per heavy atom. The van der Waals surface area contributed by atoms with Crippen LogP contribution in [0.15, 0.2) is 158 Å². The van der Waals surface area contributed by atoms with Crippen LogP contribution < -0.4 is 0 Å². The fourth-order valence-electron chi connectivity index (χ4n) is 7.51. The van der Waals surface area contributed by atoms with Crippen LogP contribution in [0.25, 0.3) is 87.5 Å². The first-order chi connectivity index (χ1) is 21.8. The zero-order chi connectivity index (χ0) is 28.8. The molecule has 0 unspecified atom stereocenters. The standard InChI is InChI=1S/C42H26N2/c1-2-7-27(8-3-1)28-15-19-32(20-16-28)43-26-25-36-37(43)24-22-34-33-11-4-5-12-38(33)44(42(34)36)39-23-18-31-14-13-29-9-6-10-30-17-21-35(39)41(31)40(29)30/h1-26H. The van der Waals surface area contributed by atoms with Gasteiger partial charge in [-0.2, -0.15) is 0 Å². The van der Waals surface area contributed by atoms with E-state index in [0.717, 1.165) is 5.69 Å². The molecule has 0 fully saturated rings. The molecule has 0 saturated heterocycles. The number of hydrogen-bond acceptors (Lipinski definition) is 0. The van der Waals surface area contributed by atoms with Crippen LogP contribution in [0.1, 0.15) is 0 Å². The highest BCUT2D eigenvalue weighted by molar-refractivity contribution is 6.26. The van der Waals surface area contributed by atoms with E-state index < -0.39 is 0 Å². The van der Waals surface area contributed by atoms with E-state index in [1.165, 1.54) is 81.8 Å². The van der Waals surface area contributed by atoms with Gasteiger partial charge >= 0.3 is 0 Å². The van der Waals surface area contributed by atoms with Gasteiger partial charge in [-0.25, -0.2) is 0 Å². The van der Waals surface area contributed by atoms with E-state index in [0.29, 0.717) is 0 Å². The van der Waals surface area contributed by atoms with E-state index in [2.05, 4.69) is 167 Å². The molecule has 204 valence electrons. The van der Waals surface area contributed by atoms with Crippen LogP contribution in [-0.2, 0) is 0 Å². The fourth-order valence-corrected chi connectivity index (χ4v) is 7.51. The van der Waals surface area contributed by atoms with Crippen molar-refractivity contribution in [2.45, 2.75) is 0 Å². The molecule has 0 aliphatic carbocycles. The molecule has 8 aromatic carbocycles. The minimum absolute atomic E-state index is 1.16. The summed E-state index contributed by atoms with van der Waals surface area (Å²) >= 11 is 0. The lowest BCUT2D eigenvalue weighted by molar-refractivity contribution is 1.13. The monoisotopic (exact) mass is 558 g/mol. The molecule has 0 amide bonds. The van der Waals surface area contributed by atoms with Crippen molar-refractivity contribution in [3.63, 3.8) is 0 Å².